The van der Waals surface area contributed by atoms with Crippen LogP contribution in [-0.4, -0.2) is 30.3 Å². The first-order valence-electron chi connectivity index (χ1n) is 7.45. The van der Waals surface area contributed by atoms with E-state index in [9.17, 15) is 0 Å². The van der Waals surface area contributed by atoms with Gasteiger partial charge in [-0.15, -0.1) is 0 Å². The van der Waals surface area contributed by atoms with Gasteiger partial charge < -0.3 is 10.1 Å². The zero-order valence-electron chi connectivity index (χ0n) is 11.8. The molecule has 3 heteroatoms. The van der Waals surface area contributed by atoms with Gasteiger partial charge in [0.25, 0.3) is 0 Å². The van der Waals surface area contributed by atoms with Gasteiger partial charge in [-0.2, -0.15) is 0 Å². The number of hydrogen-bond donors (Lipinski definition) is 1. The number of nitrogens with one attached hydrogen (secondary N) is 1. The minimum atomic E-state index is 0.364. The maximum absolute atomic E-state index is 5.58. The molecule has 0 radical (unpaired) electrons. The zero-order valence-corrected chi connectivity index (χ0v) is 11.8. The van der Waals surface area contributed by atoms with Crippen LogP contribution in [0.15, 0.2) is 54.7 Å². The maximum Gasteiger partial charge on any atom is 0.0701 e. The standard InChI is InChI=1S/C18H18N2O/c1-2-8-19-18(3-1)14-6-4-13(5-7-14)15-9-16-11-21-12-17(10-15)20-16/h1-9,16-17,20H,10-12H2. The van der Waals surface area contributed by atoms with Gasteiger partial charge in [0.05, 0.1) is 18.9 Å². The van der Waals surface area contributed by atoms with E-state index in [0.717, 1.165) is 30.9 Å². The van der Waals surface area contributed by atoms with Crippen LogP contribution in [0.1, 0.15) is 12.0 Å². The van der Waals surface area contributed by atoms with Crippen LogP contribution < -0.4 is 5.32 Å². The molecule has 0 aliphatic carbocycles. The number of nitrogens with zero attached hydrogens (tertiary/aromatic N) is 1. The van der Waals surface area contributed by atoms with Crippen LogP contribution in [0.2, 0.25) is 0 Å². The second kappa shape index (κ2) is 5.43. The number of fused-ring (bicyclic) bond motifs is 2. The summed E-state index contributed by atoms with van der Waals surface area (Å²) in [6.45, 7) is 1.60. The van der Waals surface area contributed by atoms with Gasteiger partial charge in [-0.1, -0.05) is 36.4 Å². The molecule has 2 aliphatic heterocycles. The number of aromatic nitrogens is 1. The second-order valence-electron chi connectivity index (χ2n) is 5.70. The zero-order chi connectivity index (χ0) is 14.1. The lowest BCUT2D eigenvalue weighted by atomic mass is 9.91. The fraction of sp³-hybridized carbons (Fsp3) is 0.278. The molecule has 2 aliphatic rings. The highest BCUT2D eigenvalue weighted by atomic mass is 16.5. The normalized spacial score (nSPS) is 24.5. The summed E-state index contributed by atoms with van der Waals surface area (Å²) in [4.78, 5) is 4.40. The average molecular weight is 278 g/mol. The summed E-state index contributed by atoms with van der Waals surface area (Å²) >= 11 is 0. The first-order chi connectivity index (χ1) is 10.4. The van der Waals surface area contributed by atoms with E-state index in [2.05, 4.69) is 40.6 Å². The molecule has 1 aromatic carbocycles. The van der Waals surface area contributed by atoms with Crippen LogP contribution >= 0.6 is 0 Å². The van der Waals surface area contributed by atoms with Crippen molar-refractivity contribution in [3.63, 3.8) is 0 Å². The molecule has 2 atom stereocenters. The molecule has 21 heavy (non-hydrogen) atoms. The van der Waals surface area contributed by atoms with Crippen molar-refractivity contribution in [1.82, 2.24) is 10.3 Å². The van der Waals surface area contributed by atoms with E-state index in [4.69, 9.17) is 4.74 Å². The largest absolute Gasteiger partial charge is 0.378 e. The van der Waals surface area contributed by atoms with E-state index in [1.54, 1.807) is 0 Å². The van der Waals surface area contributed by atoms with Crippen molar-refractivity contribution < 1.29 is 4.74 Å². The minimum Gasteiger partial charge on any atom is -0.378 e. The SMILES string of the molecule is C1=C(c2ccc(-c3ccccn3)cc2)CC2COCC1N2. The van der Waals surface area contributed by atoms with Crippen LogP contribution in [0.3, 0.4) is 0 Å². The molecule has 0 saturated carbocycles. The van der Waals surface area contributed by atoms with Crippen molar-refractivity contribution in [1.29, 1.82) is 0 Å². The Morgan fingerprint density at radius 3 is 2.62 bits per heavy atom. The van der Waals surface area contributed by atoms with Crippen molar-refractivity contribution in [3.05, 3.63) is 60.3 Å². The van der Waals surface area contributed by atoms with E-state index in [-0.39, 0.29) is 0 Å². The number of pyridine rings is 1. The Labute approximate surface area is 124 Å². The van der Waals surface area contributed by atoms with Gasteiger partial charge in [0.15, 0.2) is 0 Å². The van der Waals surface area contributed by atoms with Gasteiger partial charge in [0.2, 0.25) is 0 Å². The van der Waals surface area contributed by atoms with Crippen LogP contribution in [0.5, 0.6) is 0 Å². The van der Waals surface area contributed by atoms with Crippen LogP contribution in [-0.2, 0) is 4.74 Å². The van der Waals surface area contributed by atoms with E-state index in [0.29, 0.717) is 12.1 Å². The average Bonchev–Trinajstić information content (AvgIpc) is 2.55. The summed E-state index contributed by atoms with van der Waals surface area (Å²) in [6.07, 6.45) is 5.19. The number of benzene rings is 1. The predicted octanol–water partition coefficient (Wildman–Crippen LogP) is 2.89. The third-order valence-corrected chi connectivity index (χ3v) is 4.15. The Bertz CT molecular complexity index is 649. The Kier molecular flexibility index (Phi) is 3.30. The lowest BCUT2D eigenvalue weighted by Gasteiger charge is -2.35. The minimum absolute atomic E-state index is 0.364. The Hall–Kier alpha value is -1.97. The number of rotatable bonds is 2. The maximum atomic E-state index is 5.58. The highest BCUT2D eigenvalue weighted by Gasteiger charge is 2.26. The first kappa shape index (κ1) is 12.7. The van der Waals surface area contributed by atoms with Gasteiger partial charge in [-0.3, -0.25) is 4.98 Å². The number of hydrogen-bond acceptors (Lipinski definition) is 3. The summed E-state index contributed by atoms with van der Waals surface area (Å²) in [7, 11) is 0. The first-order valence-corrected chi connectivity index (χ1v) is 7.45. The van der Waals surface area contributed by atoms with E-state index in [1.165, 1.54) is 11.1 Å². The topological polar surface area (TPSA) is 34.1 Å². The number of morpholine rings is 1. The molecule has 0 spiro atoms. The summed E-state index contributed by atoms with van der Waals surface area (Å²) < 4.78 is 5.58. The molecule has 1 saturated heterocycles. The summed E-state index contributed by atoms with van der Waals surface area (Å²) in [5.74, 6) is 0. The predicted molar refractivity (Wildman–Crippen MR) is 83.8 cm³/mol. The van der Waals surface area contributed by atoms with Crippen LogP contribution in [0.25, 0.3) is 16.8 Å². The van der Waals surface area contributed by atoms with Gasteiger partial charge in [0.1, 0.15) is 0 Å². The molecule has 1 fully saturated rings. The van der Waals surface area contributed by atoms with Crippen molar-refractivity contribution in [3.8, 4) is 11.3 Å². The molecule has 0 amide bonds. The van der Waals surface area contributed by atoms with Gasteiger partial charge >= 0.3 is 0 Å². The Morgan fingerprint density at radius 2 is 1.86 bits per heavy atom. The van der Waals surface area contributed by atoms with Gasteiger partial charge in [0, 0.05) is 23.8 Å². The number of ether oxygens (including phenoxy) is 1. The molecule has 2 unspecified atom stereocenters. The fourth-order valence-corrected chi connectivity index (χ4v) is 3.13. The Balaban J connectivity index is 1.61. The summed E-state index contributed by atoms with van der Waals surface area (Å²) in [5.41, 5.74) is 4.93. The second-order valence-corrected chi connectivity index (χ2v) is 5.70. The third-order valence-electron chi connectivity index (χ3n) is 4.15. The molecule has 2 bridgehead atoms. The van der Waals surface area contributed by atoms with E-state index < -0.39 is 0 Å². The fourth-order valence-electron chi connectivity index (χ4n) is 3.13. The molecular weight excluding hydrogens is 260 g/mol. The molecule has 106 valence electrons. The van der Waals surface area contributed by atoms with E-state index in [1.807, 2.05) is 24.4 Å². The quantitative estimate of drug-likeness (QED) is 0.917. The Morgan fingerprint density at radius 1 is 1.00 bits per heavy atom. The molecule has 2 aromatic rings. The van der Waals surface area contributed by atoms with Crippen LogP contribution in [0, 0.1) is 0 Å². The summed E-state index contributed by atoms with van der Waals surface area (Å²) in [6, 6.07) is 15.6. The highest BCUT2D eigenvalue weighted by molar-refractivity contribution is 5.70. The monoisotopic (exact) mass is 278 g/mol. The third kappa shape index (κ3) is 2.62. The summed E-state index contributed by atoms with van der Waals surface area (Å²) in [5, 5.41) is 3.58. The van der Waals surface area contributed by atoms with Crippen molar-refractivity contribution in [2.24, 2.45) is 0 Å². The van der Waals surface area contributed by atoms with Gasteiger partial charge in [-0.25, -0.2) is 0 Å². The molecule has 1 aromatic heterocycles. The molecule has 1 N–H and O–H groups in total. The van der Waals surface area contributed by atoms with E-state index >= 15 is 0 Å². The molecule has 4 rings (SSSR count). The van der Waals surface area contributed by atoms with Gasteiger partial charge in [-0.05, 0) is 29.7 Å². The van der Waals surface area contributed by atoms with Crippen molar-refractivity contribution in [2.75, 3.05) is 13.2 Å². The smallest absolute Gasteiger partial charge is 0.0701 e. The molecule has 3 nitrogen and oxygen atoms in total. The lowest BCUT2D eigenvalue weighted by Crippen LogP contribution is -2.50. The van der Waals surface area contributed by atoms with Crippen LogP contribution in [0.4, 0.5) is 0 Å². The van der Waals surface area contributed by atoms with Crippen molar-refractivity contribution >= 4 is 5.57 Å². The van der Waals surface area contributed by atoms with Crippen molar-refractivity contribution in [2.45, 2.75) is 18.5 Å². The molecule has 3 heterocycles. The lowest BCUT2D eigenvalue weighted by molar-refractivity contribution is 0.0561. The highest BCUT2D eigenvalue weighted by Crippen LogP contribution is 2.28. The molecular formula is C18H18N2O.